The van der Waals surface area contributed by atoms with Crippen LogP contribution in [0, 0.1) is 71.0 Å². The van der Waals surface area contributed by atoms with Crippen molar-refractivity contribution in [3.63, 3.8) is 0 Å². The number of rotatable bonds is 4. The molecule has 0 heteroatoms. The second-order valence-electron chi connectivity index (χ2n) is 11.2. The third kappa shape index (κ3) is 3.30. The van der Waals surface area contributed by atoms with Gasteiger partial charge in [0, 0.05) is 0 Å². The van der Waals surface area contributed by atoms with E-state index < -0.39 is 0 Å². The zero-order chi connectivity index (χ0) is 19.2. The fourth-order valence-corrected chi connectivity index (χ4v) is 8.62. The Hall–Kier alpha value is 0. The second-order valence-corrected chi connectivity index (χ2v) is 11.2. The molecule has 0 heterocycles. The van der Waals surface area contributed by atoms with Crippen LogP contribution in [0.1, 0.15) is 93.9 Å². The highest BCUT2D eigenvalue weighted by Gasteiger charge is 2.56. The molecule has 0 aromatic rings. The first-order chi connectivity index (χ1) is 12.3. The van der Waals surface area contributed by atoms with Crippen LogP contribution >= 0.6 is 0 Å². The first-order valence-electron chi connectivity index (χ1n) is 12.3. The molecule has 26 heavy (non-hydrogen) atoms. The molecule has 3 aliphatic rings. The molecule has 0 aromatic carbocycles. The molecule has 152 valence electrons. The lowest BCUT2D eigenvalue weighted by atomic mass is 9.43. The minimum Gasteiger partial charge on any atom is -0.0654 e. The molecule has 0 amide bonds. The summed E-state index contributed by atoms with van der Waals surface area (Å²) in [4.78, 5) is 0. The van der Waals surface area contributed by atoms with Gasteiger partial charge in [0.05, 0.1) is 0 Å². The van der Waals surface area contributed by atoms with E-state index in [1.54, 1.807) is 0 Å². The summed E-state index contributed by atoms with van der Waals surface area (Å²) in [7, 11) is 0. The third-order valence-corrected chi connectivity index (χ3v) is 10.2. The Bertz CT molecular complexity index is 413. The summed E-state index contributed by atoms with van der Waals surface area (Å²) in [5, 5.41) is 0. The SMILES string of the molecule is CCCC1C(C)C(C)CC2C(C)C3CC(C)C(C)C(CCC)C3C(C)C12. The summed E-state index contributed by atoms with van der Waals surface area (Å²) < 4.78 is 0. The average Bonchev–Trinajstić information content (AvgIpc) is 2.60. The highest BCUT2D eigenvalue weighted by molar-refractivity contribution is 5.04. The van der Waals surface area contributed by atoms with Crippen LogP contribution < -0.4 is 0 Å². The van der Waals surface area contributed by atoms with E-state index >= 15 is 0 Å². The molecule has 0 spiro atoms. The Labute approximate surface area is 165 Å². The van der Waals surface area contributed by atoms with Gasteiger partial charge in [0.1, 0.15) is 0 Å². The maximum absolute atomic E-state index is 2.71. The predicted molar refractivity (Wildman–Crippen MR) is 115 cm³/mol. The van der Waals surface area contributed by atoms with Gasteiger partial charge in [-0.3, -0.25) is 0 Å². The van der Waals surface area contributed by atoms with Crippen molar-refractivity contribution < 1.29 is 0 Å². The molecule has 10 atom stereocenters. The summed E-state index contributed by atoms with van der Waals surface area (Å²) in [6.45, 7) is 20.6. The Morgan fingerprint density at radius 1 is 0.538 bits per heavy atom. The van der Waals surface area contributed by atoms with E-state index in [2.05, 4.69) is 55.4 Å². The predicted octanol–water partition coefficient (Wildman–Crippen LogP) is 7.92. The average molecular weight is 361 g/mol. The maximum Gasteiger partial charge on any atom is -0.0323 e. The molecule has 3 fully saturated rings. The van der Waals surface area contributed by atoms with Crippen LogP contribution in [0.4, 0.5) is 0 Å². The number of fused-ring (bicyclic) bond motifs is 2. The second kappa shape index (κ2) is 8.16. The van der Waals surface area contributed by atoms with Crippen molar-refractivity contribution >= 4 is 0 Å². The maximum atomic E-state index is 2.71. The zero-order valence-corrected chi connectivity index (χ0v) is 19.2. The van der Waals surface area contributed by atoms with E-state index in [9.17, 15) is 0 Å². The van der Waals surface area contributed by atoms with Gasteiger partial charge in [0.2, 0.25) is 0 Å². The van der Waals surface area contributed by atoms with Gasteiger partial charge in [-0.25, -0.2) is 0 Å². The summed E-state index contributed by atoms with van der Waals surface area (Å²) in [6, 6.07) is 0. The molecule has 0 radical (unpaired) electrons. The van der Waals surface area contributed by atoms with E-state index in [1.165, 1.54) is 38.5 Å². The molecular formula is C26H48. The Morgan fingerprint density at radius 2 is 0.923 bits per heavy atom. The third-order valence-electron chi connectivity index (χ3n) is 10.2. The Kier molecular flexibility index (Phi) is 6.51. The quantitative estimate of drug-likeness (QED) is 0.477. The van der Waals surface area contributed by atoms with E-state index in [-0.39, 0.29) is 0 Å². The summed E-state index contributed by atoms with van der Waals surface area (Å²) in [5.41, 5.74) is 0. The van der Waals surface area contributed by atoms with Gasteiger partial charge in [-0.15, -0.1) is 0 Å². The van der Waals surface area contributed by atoms with Crippen LogP contribution in [0.5, 0.6) is 0 Å². The summed E-state index contributed by atoms with van der Waals surface area (Å²) >= 11 is 0. The minimum atomic E-state index is 0.936. The number of hydrogen-bond donors (Lipinski definition) is 0. The molecule has 0 saturated heterocycles. The van der Waals surface area contributed by atoms with E-state index in [0.29, 0.717) is 0 Å². The molecule has 3 saturated carbocycles. The zero-order valence-electron chi connectivity index (χ0n) is 19.2. The topological polar surface area (TPSA) is 0 Å². The summed E-state index contributed by atoms with van der Waals surface area (Å²) in [6.07, 6.45) is 8.75. The fourth-order valence-electron chi connectivity index (χ4n) is 8.62. The number of hydrogen-bond acceptors (Lipinski definition) is 0. The highest BCUT2D eigenvalue weighted by Crippen LogP contribution is 2.62. The van der Waals surface area contributed by atoms with Gasteiger partial charge in [0.25, 0.3) is 0 Å². The first-order valence-corrected chi connectivity index (χ1v) is 12.3. The van der Waals surface area contributed by atoms with Gasteiger partial charge in [-0.05, 0) is 83.9 Å². The standard InChI is InChI=1S/C26H48/c1-9-11-21-17(5)15(3)13-23-19(7)24-14-16(4)18(6)22(12-10-2)26(24)20(8)25(21)23/h15-26H,9-14H2,1-8H3. The van der Waals surface area contributed by atoms with Crippen LogP contribution in [-0.4, -0.2) is 0 Å². The summed E-state index contributed by atoms with van der Waals surface area (Å²) in [5.74, 6) is 11.7. The van der Waals surface area contributed by atoms with Crippen molar-refractivity contribution in [3.8, 4) is 0 Å². The Morgan fingerprint density at radius 3 is 1.27 bits per heavy atom. The van der Waals surface area contributed by atoms with Crippen molar-refractivity contribution in [2.75, 3.05) is 0 Å². The van der Waals surface area contributed by atoms with Crippen molar-refractivity contribution in [2.45, 2.75) is 93.9 Å². The molecule has 10 unspecified atom stereocenters. The van der Waals surface area contributed by atoms with Crippen LogP contribution in [0.3, 0.4) is 0 Å². The molecule has 0 bridgehead atoms. The van der Waals surface area contributed by atoms with Crippen molar-refractivity contribution in [1.82, 2.24) is 0 Å². The fraction of sp³-hybridized carbons (Fsp3) is 1.00. The van der Waals surface area contributed by atoms with Crippen LogP contribution in [-0.2, 0) is 0 Å². The van der Waals surface area contributed by atoms with Crippen molar-refractivity contribution in [1.29, 1.82) is 0 Å². The van der Waals surface area contributed by atoms with Gasteiger partial charge in [0.15, 0.2) is 0 Å². The molecule has 0 N–H and O–H groups in total. The lowest BCUT2D eigenvalue weighted by molar-refractivity contribution is -0.140. The molecule has 0 aromatic heterocycles. The van der Waals surface area contributed by atoms with Crippen LogP contribution in [0.25, 0.3) is 0 Å². The van der Waals surface area contributed by atoms with Gasteiger partial charge >= 0.3 is 0 Å². The van der Waals surface area contributed by atoms with E-state index in [1.807, 2.05) is 0 Å². The van der Waals surface area contributed by atoms with Crippen molar-refractivity contribution in [2.24, 2.45) is 71.0 Å². The molecule has 0 aliphatic heterocycles. The van der Waals surface area contributed by atoms with E-state index in [4.69, 9.17) is 0 Å². The highest BCUT2D eigenvalue weighted by atomic mass is 14.6. The van der Waals surface area contributed by atoms with Crippen LogP contribution in [0.2, 0.25) is 0 Å². The van der Waals surface area contributed by atoms with Crippen LogP contribution in [0.15, 0.2) is 0 Å². The Balaban J connectivity index is 1.96. The molecule has 3 aliphatic carbocycles. The van der Waals surface area contributed by atoms with E-state index in [0.717, 1.165) is 71.0 Å². The molecule has 0 nitrogen and oxygen atoms in total. The molecular weight excluding hydrogens is 312 g/mol. The normalized spacial score (nSPS) is 54.5. The lowest BCUT2D eigenvalue weighted by Gasteiger charge is -2.62. The van der Waals surface area contributed by atoms with Gasteiger partial charge in [-0.2, -0.15) is 0 Å². The largest absolute Gasteiger partial charge is 0.0654 e. The lowest BCUT2D eigenvalue weighted by Crippen LogP contribution is -2.56. The smallest absolute Gasteiger partial charge is 0.0323 e. The van der Waals surface area contributed by atoms with Crippen molar-refractivity contribution in [3.05, 3.63) is 0 Å². The first kappa shape index (κ1) is 20.7. The molecule has 3 rings (SSSR count). The van der Waals surface area contributed by atoms with Gasteiger partial charge < -0.3 is 0 Å². The minimum absolute atomic E-state index is 0.936. The van der Waals surface area contributed by atoms with Gasteiger partial charge in [-0.1, -0.05) is 81.1 Å². The monoisotopic (exact) mass is 360 g/mol.